The van der Waals surface area contributed by atoms with E-state index < -0.39 is 11.9 Å². The SMILES string of the molecule is C=C(C)C(=O)Oc1c2c(c(OC(C)=O)c3cc(Cl)ccc13)C1C=C(CCC=C(C)C)C2C1. The predicted octanol–water partition coefficient (Wildman–Crippen LogP) is 7.16. The van der Waals surface area contributed by atoms with Gasteiger partial charge in [0.05, 0.1) is 0 Å². The highest BCUT2D eigenvalue weighted by Gasteiger charge is 2.44. The minimum atomic E-state index is -0.471. The van der Waals surface area contributed by atoms with Crippen molar-refractivity contribution in [3.63, 3.8) is 0 Å². The third-order valence-electron chi connectivity index (χ3n) is 6.10. The Balaban J connectivity index is 1.92. The molecule has 0 spiro atoms. The van der Waals surface area contributed by atoms with Crippen LogP contribution in [0.15, 0.2) is 53.6 Å². The van der Waals surface area contributed by atoms with Crippen LogP contribution < -0.4 is 9.47 Å². The van der Waals surface area contributed by atoms with Crippen LogP contribution in [0.3, 0.4) is 0 Å². The van der Waals surface area contributed by atoms with Gasteiger partial charge in [-0.15, -0.1) is 0 Å². The summed E-state index contributed by atoms with van der Waals surface area (Å²) in [6, 6.07) is 5.34. The van der Waals surface area contributed by atoms with Gasteiger partial charge in [-0.05, 0) is 58.2 Å². The van der Waals surface area contributed by atoms with E-state index in [1.54, 1.807) is 19.1 Å². The van der Waals surface area contributed by atoms with E-state index in [0.717, 1.165) is 30.4 Å². The smallest absolute Gasteiger partial charge is 0.338 e. The van der Waals surface area contributed by atoms with Crippen LogP contribution in [0.4, 0.5) is 0 Å². The zero-order valence-corrected chi connectivity index (χ0v) is 19.6. The summed E-state index contributed by atoms with van der Waals surface area (Å²) in [6.45, 7) is 11.0. The normalized spacial score (nSPS) is 18.2. The van der Waals surface area contributed by atoms with Gasteiger partial charge in [0.1, 0.15) is 11.5 Å². The molecule has 0 N–H and O–H groups in total. The number of fused-ring (bicyclic) bond motifs is 6. The summed E-state index contributed by atoms with van der Waals surface area (Å²) < 4.78 is 11.7. The molecule has 4 nitrogen and oxygen atoms in total. The van der Waals surface area contributed by atoms with Crippen molar-refractivity contribution >= 4 is 34.3 Å². The summed E-state index contributed by atoms with van der Waals surface area (Å²) in [5.74, 6) is 0.417. The molecular weight excluding hydrogens is 424 g/mol. The second-order valence-corrected chi connectivity index (χ2v) is 9.33. The molecule has 0 saturated heterocycles. The van der Waals surface area contributed by atoms with Crippen molar-refractivity contribution < 1.29 is 19.1 Å². The van der Waals surface area contributed by atoms with Crippen molar-refractivity contribution in [3.8, 4) is 11.5 Å². The van der Waals surface area contributed by atoms with E-state index in [2.05, 4.69) is 32.6 Å². The molecule has 2 bridgehead atoms. The molecule has 2 aliphatic carbocycles. The molecule has 0 aromatic heterocycles. The van der Waals surface area contributed by atoms with Gasteiger partial charge in [-0.1, -0.05) is 41.5 Å². The van der Waals surface area contributed by atoms with Crippen LogP contribution in [-0.2, 0) is 9.59 Å². The average Bonchev–Trinajstić information content (AvgIpc) is 3.28. The maximum Gasteiger partial charge on any atom is 0.338 e. The Morgan fingerprint density at radius 1 is 1.09 bits per heavy atom. The van der Waals surface area contributed by atoms with E-state index in [0.29, 0.717) is 32.9 Å². The Kier molecular flexibility index (Phi) is 6.00. The van der Waals surface area contributed by atoms with Crippen LogP contribution in [-0.4, -0.2) is 11.9 Å². The highest BCUT2D eigenvalue weighted by Crippen LogP contribution is 2.61. The number of halogens is 1. The van der Waals surface area contributed by atoms with E-state index in [4.69, 9.17) is 21.1 Å². The molecule has 2 aromatic carbocycles. The lowest BCUT2D eigenvalue weighted by Crippen LogP contribution is -2.14. The van der Waals surface area contributed by atoms with Crippen LogP contribution in [0.5, 0.6) is 11.5 Å². The molecule has 166 valence electrons. The second-order valence-electron chi connectivity index (χ2n) is 8.90. The lowest BCUT2D eigenvalue weighted by Gasteiger charge is -2.24. The number of esters is 2. The standard InChI is InChI=1S/C27H27ClO4/c1-14(2)7-6-8-17-11-18-12-21(17)24-23(18)26(31-16(5)29)22-13-19(28)9-10-20(22)25(24)32-27(30)15(3)4/h7,9-11,13,18,21H,3,6,8,12H2,1-2,4-5H3. The van der Waals surface area contributed by atoms with Crippen LogP contribution in [0, 0.1) is 0 Å². The van der Waals surface area contributed by atoms with Crippen LogP contribution >= 0.6 is 11.6 Å². The molecule has 0 amide bonds. The quantitative estimate of drug-likeness (QED) is 0.203. The van der Waals surface area contributed by atoms with Gasteiger partial charge >= 0.3 is 11.9 Å². The summed E-state index contributed by atoms with van der Waals surface area (Å²) in [6.07, 6.45) is 7.33. The van der Waals surface area contributed by atoms with Gasteiger partial charge in [0, 0.05) is 51.3 Å². The van der Waals surface area contributed by atoms with E-state index >= 15 is 0 Å². The summed E-state index contributed by atoms with van der Waals surface area (Å²) in [7, 11) is 0. The number of ether oxygens (including phenoxy) is 2. The Bertz CT molecular complexity index is 1210. The zero-order valence-electron chi connectivity index (χ0n) is 18.9. The fourth-order valence-corrected chi connectivity index (χ4v) is 5.00. The first-order chi connectivity index (χ1) is 15.2. The average molecular weight is 451 g/mol. The first-order valence-corrected chi connectivity index (χ1v) is 11.2. The van der Waals surface area contributed by atoms with Crippen molar-refractivity contribution in [2.45, 2.75) is 58.8 Å². The lowest BCUT2D eigenvalue weighted by atomic mass is 9.85. The van der Waals surface area contributed by atoms with Gasteiger partial charge in [0.2, 0.25) is 0 Å². The van der Waals surface area contributed by atoms with Crippen LogP contribution in [0.1, 0.15) is 69.9 Å². The van der Waals surface area contributed by atoms with E-state index in [-0.39, 0.29) is 11.8 Å². The number of benzene rings is 2. The molecule has 2 aliphatic rings. The van der Waals surface area contributed by atoms with Gasteiger partial charge in [-0.3, -0.25) is 4.79 Å². The molecule has 0 radical (unpaired) electrons. The highest BCUT2D eigenvalue weighted by molar-refractivity contribution is 6.31. The minimum Gasteiger partial charge on any atom is -0.426 e. The number of hydrogen-bond donors (Lipinski definition) is 0. The van der Waals surface area contributed by atoms with Gasteiger partial charge in [-0.2, -0.15) is 0 Å². The number of carbonyl (C=O) groups is 2. The topological polar surface area (TPSA) is 52.6 Å². The van der Waals surface area contributed by atoms with E-state index in [1.165, 1.54) is 18.1 Å². The minimum absolute atomic E-state index is 0.108. The number of hydrogen-bond acceptors (Lipinski definition) is 4. The van der Waals surface area contributed by atoms with E-state index in [1.807, 2.05) is 6.07 Å². The Morgan fingerprint density at radius 3 is 2.47 bits per heavy atom. The largest absolute Gasteiger partial charge is 0.426 e. The molecular formula is C27H27ClO4. The zero-order chi connectivity index (χ0) is 23.2. The summed E-state index contributed by atoms with van der Waals surface area (Å²) in [4.78, 5) is 24.6. The summed E-state index contributed by atoms with van der Waals surface area (Å²) >= 11 is 6.29. The second kappa shape index (κ2) is 8.59. The van der Waals surface area contributed by atoms with Gasteiger partial charge in [0.25, 0.3) is 0 Å². The van der Waals surface area contributed by atoms with Crippen LogP contribution in [0.25, 0.3) is 10.8 Å². The summed E-state index contributed by atoms with van der Waals surface area (Å²) in [5, 5.41) is 1.89. The molecule has 0 fully saturated rings. The van der Waals surface area contributed by atoms with Crippen LogP contribution in [0.2, 0.25) is 5.02 Å². The highest BCUT2D eigenvalue weighted by atomic mass is 35.5. The monoisotopic (exact) mass is 450 g/mol. The first-order valence-electron chi connectivity index (χ1n) is 10.9. The van der Waals surface area contributed by atoms with Crippen molar-refractivity contribution in [1.82, 2.24) is 0 Å². The fraction of sp³-hybridized carbons (Fsp3) is 0.333. The maximum absolute atomic E-state index is 12.6. The molecule has 5 heteroatoms. The maximum atomic E-state index is 12.6. The van der Waals surface area contributed by atoms with Crippen molar-refractivity contribution in [2.75, 3.05) is 0 Å². The first kappa shape index (κ1) is 22.3. The lowest BCUT2D eigenvalue weighted by molar-refractivity contribution is -0.132. The molecule has 2 unspecified atom stereocenters. The van der Waals surface area contributed by atoms with E-state index in [9.17, 15) is 9.59 Å². The fourth-order valence-electron chi connectivity index (χ4n) is 4.83. The number of rotatable bonds is 6. The number of carbonyl (C=O) groups excluding carboxylic acids is 2. The molecule has 2 aromatic rings. The molecule has 2 atom stereocenters. The third-order valence-corrected chi connectivity index (χ3v) is 6.33. The Morgan fingerprint density at radius 2 is 1.81 bits per heavy atom. The summed E-state index contributed by atoms with van der Waals surface area (Å²) in [5.41, 5.74) is 4.84. The van der Waals surface area contributed by atoms with Gasteiger partial charge < -0.3 is 9.47 Å². The van der Waals surface area contributed by atoms with Gasteiger partial charge in [-0.25, -0.2) is 4.79 Å². The Labute approximate surface area is 193 Å². The molecule has 4 rings (SSSR count). The van der Waals surface area contributed by atoms with Crippen molar-refractivity contribution in [1.29, 1.82) is 0 Å². The Hall–Kier alpha value is -2.85. The predicted molar refractivity (Wildman–Crippen MR) is 128 cm³/mol. The number of allylic oxidation sites excluding steroid dienone is 4. The van der Waals surface area contributed by atoms with Gasteiger partial charge in [0.15, 0.2) is 0 Å². The van der Waals surface area contributed by atoms with Crippen molar-refractivity contribution in [3.05, 3.63) is 69.8 Å². The van der Waals surface area contributed by atoms with Crippen molar-refractivity contribution in [2.24, 2.45) is 0 Å². The molecule has 0 aliphatic heterocycles. The third kappa shape index (κ3) is 4.00. The molecule has 32 heavy (non-hydrogen) atoms. The molecule has 0 heterocycles. The molecule has 0 saturated carbocycles.